The first kappa shape index (κ1) is 17.3. The third kappa shape index (κ3) is 3.46. The van der Waals surface area contributed by atoms with Crippen molar-refractivity contribution in [3.05, 3.63) is 70.5 Å². The third-order valence-corrected chi connectivity index (χ3v) is 5.37. The van der Waals surface area contributed by atoms with Crippen molar-refractivity contribution in [3.63, 3.8) is 0 Å². The average molecular weight is 357 g/mol. The van der Waals surface area contributed by atoms with Crippen molar-refractivity contribution in [1.29, 1.82) is 0 Å². The Kier molecular flexibility index (Phi) is 4.68. The van der Waals surface area contributed by atoms with E-state index in [4.69, 9.17) is 5.11 Å². The van der Waals surface area contributed by atoms with Crippen LogP contribution < -0.4 is 0 Å². The standard InChI is InChI=1S/C20H17FO3S/c1-12-17(9-13-3-6-15(7-4-13)25(2)24)16-8-5-14(21)10-19(16)18(12)11-20(22)23/h3-10H,11H2,1-2H3,(H,22,23)/p+1/b17-9-. The van der Waals surface area contributed by atoms with Crippen LogP contribution in [0.4, 0.5) is 4.39 Å². The minimum absolute atomic E-state index is 0.144. The molecule has 0 fully saturated rings. The maximum atomic E-state index is 13.7. The lowest BCUT2D eigenvalue weighted by Crippen LogP contribution is -1.97. The number of hydrogen-bond acceptors (Lipinski definition) is 2. The summed E-state index contributed by atoms with van der Waals surface area (Å²) in [6.07, 6.45) is 3.47. The number of carboxylic acid groups (broad SMARTS) is 1. The minimum Gasteiger partial charge on any atom is -0.481 e. The van der Waals surface area contributed by atoms with E-state index in [0.29, 0.717) is 11.1 Å². The summed E-state index contributed by atoms with van der Waals surface area (Å²) < 4.78 is 25.2. The summed E-state index contributed by atoms with van der Waals surface area (Å²) in [5, 5.41) is 9.17. The van der Waals surface area contributed by atoms with Gasteiger partial charge in [-0.1, -0.05) is 18.2 Å². The molecule has 1 atom stereocenters. The topological polar surface area (TPSA) is 54.4 Å². The van der Waals surface area contributed by atoms with Gasteiger partial charge in [0.05, 0.1) is 6.42 Å². The van der Waals surface area contributed by atoms with E-state index in [-0.39, 0.29) is 12.2 Å². The van der Waals surface area contributed by atoms with Gasteiger partial charge in [0, 0.05) is 0 Å². The van der Waals surface area contributed by atoms with Gasteiger partial charge >= 0.3 is 5.97 Å². The number of halogens is 1. The van der Waals surface area contributed by atoms with Gasteiger partial charge in [0.15, 0.2) is 4.90 Å². The lowest BCUT2D eigenvalue weighted by molar-refractivity contribution is -0.135. The molecule has 1 N–H and O–H groups in total. The van der Waals surface area contributed by atoms with Gasteiger partial charge in [-0.05, 0) is 70.7 Å². The summed E-state index contributed by atoms with van der Waals surface area (Å²) in [7, 11) is -1.38. The number of carbonyl (C=O) groups is 1. The highest BCUT2D eigenvalue weighted by atomic mass is 32.2. The molecule has 0 aliphatic heterocycles. The van der Waals surface area contributed by atoms with Crippen LogP contribution in [0.5, 0.6) is 0 Å². The monoisotopic (exact) mass is 357 g/mol. The van der Waals surface area contributed by atoms with Crippen molar-refractivity contribution in [2.45, 2.75) is 18.2 Å². The molecule has 1 aliphatic rings. The minimum atomic E-state index is -1.38. The smallest absolute Gasteiger partial charge is 0.307 e. The second-order valence-corrected chi connectivity index (χ2v) is 7.52. The largest absolute Gasteiger partial charge is 0.481 e. The van der Waals surface area contributed by atoms with Gasteiger partial charge in [0.1, 0.15) is 22.9 Å². The predicted molar refractivity (Wildman–Crippen MR) is 99.2 cm³/mol. The number of thiol groups is 1. The van der Waals surface area contributed by atoms with Gasteiger partial charge in [-0.15, -0.1) is 4.21 Å². The summed E-state index contributed by atoms with van der Waals surface area (Å²) in [5.74, 6) is -1.33. The second kappa shape index (κ2) is 6.76. The van der Waals surface area contributed by atoms with Crippen LogP contribution in [0.15, 0.2) is 52.9 Å². The van der Waals surface area contributed by atoms with E-state index in [0.717, 1.165) is 27.2 Å². The van der Waals surface area contributed by atoms with E-state index in [1.54, 1.807) is 12.3 Å². The van der Waals surface area contributed by atoms with Gasteiger partial charge in [-0.25, -0.2) is 4.39 Å². The fourth-order valence-corrected chi connectivity index (χ4v) is 3.65. The Bertz CT molecular complexity index is 940. The van der Waals surface area contributed by atoms with Crippen molar-refractivity contribution >= 4 is 34.0 Å². The van der Waals surface area contributed by atoms with Gasteiger partial charge in [-0.2, -0.15) is 0 Å². The maximum absolute atomic E-state index is 13.7. The molecule has 0 heterocycles. The molecule has 25 heavy (non-hydrogen) atoms. The molecule has 0 bridgehead atoms. The SMILES string of the molecule is CC1=C(CC(=O)O)c2cc(F)ccc2/C1=C\c1ccc([SH+](C)=O)cc1. The Morgan fingerprint density at radius 2 is 1.84 bits per heavy atom. The van der Waals surface area contributed by atoms with Crippen molar-refractivity contribution < 1.29 is 18.5 Å². The number of aliphatic carboxylic acids is 1. The molecule has 3 nitrogen and oxygen atoms in total. The molecule has 0 radical (unpaired) electrons. The summed E-state index contributed by atoms with van der Waals surface area (Å²) in [4.78, 5) is 12.0. The number of hydrogen-bond donors (Lipinski definition) is 1. The van der Waals surface area contributed by atoms with E-state index in [1.807, 2.05) is 37.3 Å². The van der Waals surface area contributed by atoms with E-state index in [9.17, 15) is 13.4 Å². The number of rotatable bonds is 4. The first-order valence-electron chi connectivity index (χ1n) is 7.81. The van der Waals surface area contributed by atoms with Crippen LogP contribution in [0.2, 0.25) is 0 Å². The predicted octanol–water partition coefficient (Wildman–Crippen LogP) is 4.31. The molecule has 0 aromatic heterocycles. The Labute approximate surface area is 148 Å². The highest BCUT2D eigenvalue weighted by Gasteiger charge is 2.25. The number of fused-ring (bicyclic) bond motifs is 1. The van der Waals surface area contributed by atoms with Gasteiger partial charge < -0.3 is 5.11 Å². The van der Waals surface area contributed by atoms with E-state index in [2.05, 4.69) is 0 Å². The van der Waals surface area contributed by atoms with Crippen molar-refractivity contribution in [1.82, 2.24) is 0 Å². The van der Waals surface area contributed by atoms with Crippen LogP contribution in [0.25, 0.3) is 17.2 Å². The number of carboxylic acids is 1. The summed E-state index contributed by atoms with van der Waals surface area (Å²) in [6.45, 7) is 1.86. The zero-order valence-electron chi connectivity index (χ0n) is 13.9. The first-order valence-corrected chi connectivity index (χ1v) is 9.52. The van der Waals surface area contributed by atoms with Gasteiger partial charge in [0.25, 0.3) is 0 Å². The fourth-order valence-electron chi connectivity index (χ4n) is 3.08. The van der Waals surface area contributed by atoms with E-state index < -0.39 is 16.8 Å². The van der Waals surface area contributed by atoms with Crippen LogP contribution in [-0.2, 0) is 19.8 Å². The molecular weight excluding hydrogens is 339 g/mol. The van der Waals surface area contributed by atoms with Crippen LogP contribution in [0.3, 0.4) is 0 Å². The zero-order valence-corrected chi connectivity index (χ0v) is 14.8. The third-order valence-electron chi connectivity index (χ3n) is 4.35. The van der Waals surface area contributed by atoms with Gasteiger partial charge in [0.2, 0.25) is 0 Å². The normalized spacial score (nSPS) is 16.2. The molecule has 1 unspecified atom stereocenters. The van der Waals surface area contributed by atoms with Crippen LogP contribution in [0.1, 0.15) is 30.0 Å². The van der Waals surface area contributed by atoms with Gasteiger partial charge in [-0.3, -0.25) is 4.79 Å². The van der Waals surface area contributed by atoms with Crippen molar-refractivity contribution in [3.8, 4) is 0 Å². The molecule has 0 saturated heterocycles. The molecule has 0 amide bonds. The maximum Gasteiger partial charge on any atom is 0.307 e. The molecule has 1 aliphatic carbocycles. The molecule has 5 heteroatoms. The summed E-state index contributed by atoms with van der Waals surface area (Å²) >= 11 is 0. The second-order valence-electron chi connectivity index (χ2n) is 6.01. The Morgan fingerprint density at radius 1 is 1.16 bits per heavy atom. The number of allylic oxidation sites excluding steroid dienone is 2. The molecule has 3 rings (SSSR count). The fraction of sp³-hybridized carbons (Fsp3) is 0.150. The number of benzene rings is 2. The molecule has 2 aromatic rings. The Balaban J connectivity index is 2.10. The Hall–Kier alpha value is -2.53. The molecule has 0 spiro atoms. The summed E-state index contributed by atoms with van der Waals surface area (Å²) in [6, 6.07) is 11.9. The summed E-state index contributed by atoms with van der Waals surface area (Å²) in [5.41, 5.74) is 4.76. The van der Waals surface area contributed by atoms with E-state index in [1.165, 1.54) is 12.1 Å². The van der Waals surface area contributed by atoms with Crippen molar-refractivity contribution in [2.75, 3.05) is 6.26 Å². The zero-order chi connectivity index (χ0) is 18.1. The Morgan fingerprint density at radius 3 is 2.44 bits per heavy atom. The van der Waals surface area contributed by atoms with Crippen LogP contribution >= 0.6 is 0 Å². The van der Waals surface area contributed by atoms with E-state index >= 15 is 0 Å². The van der Waals surface area contributed by atoms with Crippen LogP contribution in [0, 0.1) is 5.82 Å². The quantitative estimate of drug-likeness (QED) is 0.655. The lowest BCUT2D eigenvalue weighted by Gasteiger charge is -2.04. The average Bonchev–Trinajstić information content (AvgIpc) is 2.80. The molecule has 2 aromatic carbocycles. The highest BCUT2D eigenvalue weighted by Crippen LogP contribution is 2.43. The highest BCUT2D eigenvalue weighted by molar-refractivity contribution is 7.84. The molecule has 128 valence electrons. The lowest BCUT2D eigenvalue weighted by atomic mass is 10.0. The van der Waals surface area contributed by atoms with Crippen molar-refractivity contribution in [2.24, 2.45) is 0 Å². The van der Waals surface area contributed by atoms with Crippen LogP contribution in [-0.4, -0.2) is 17.3 Å². The molecular formula is C20H18FO3S+. The molecule has 0 saturated carbocycles. The first-order chi connectivity index (χ1) is 11.9.